The SMILES string of the molecule is O=C(Nc1cc2c(cc1Cl)OCCCO2)c1cc(Cl)c(Cl)[nH]1. The van der Waals surface area contributed by atoms with Crippen LogP contribution in [0.3, 0.4) is 0 Å². The summed E-state index contributed by atoms with van der Waals surface area (Å²) in [6.45, 7) is 1.11. The maximum absolute atomic E-state index is 12.2. The minimum absolute atomic E-state index is 0.205. The number of H-pyrrole nitrogens is 1. The van der Waals surface area contributed by atoms with Crippen molar-refractivity contribution in [3.63, 3.8) is 0 Å². The number of rotatable bonds is 2. The Morgan fingerprint density at radius 2 is 1.73 bits per heavy atom. The van der Waals surface area contributed by atoms with Crippen LogP contribution >= 0.6 is 34.8 Å². The number of carbonyl (C=O) groups is 1. The summed E-state index contributed by atoms with van der Waals surface area (Å²) in [7, 11) is 0. The predicted molar refractivity (Wildman–Crippen MR) is 85.8 cm³/mol. The average molecular weight is 362 g/mol. The molecule has 0 radical (unpaired) electrons. The molecule has 116 valence electrons. The van der Waals surface area contributed by atoms with E-state index in [4.69, 9.17) is 44.3 Å². The van der Waals surface area contributed by atoms with E-state index in [1.165, 1.54) is 6.07 Å². The average Bonchev–Trinajstić information content (AvgIpc) is 2.69. The summed E-state index contributed by atoms with van der Waals surface area (Å²) in [4.78, 5) is 14.9. The van der Waals surface area contributed by atoms with E-state index in [2.05, 4.69) is 10.3 Å². The van der Waals surface area contributed by atoms with Gasteiger partial charge in [0.2, 0.25) is 0 Å². The molecule has 2 heterocycles. The van der Waals surface area contributed by atoms with Crippen molar-refractivity contribution in [3.05, 3.63) is 39.1 Å². The van der Waals surface area contributed by atoms with Gasteiger partial charge in [-0.2, -0.15) is 0 Å². The van der Waals surface area contributed by atoms with Gasteiger partial charge in [0.25, 0.3) is 5.91 Å². The Hall–Kier alpha value is -1.56. The second kappa shape index (κ2) is 6.28. The molecule has 0 saturated carbocycles. The molecule has 8 heteroatoms. The van der Waals surface area contributed by atoms with E-state index in [0.29, 0.717) is 35.4 Å². The van der Waals surface area contributed by atoms with Crippen molar-refractivity contribution in [1.29, 1.82) is 0 Å². The van der Waals surface area contributed by atoms with Crippen LogP contribution in [0.15, 0.2) is 18.2 Å². The molecule has 0 fully saturated rings. The van der Waals surface area contributed by atoms with Crippen molar-refractivity contribution in [2.24, 2.45) is 0 Å². The maximum Gasteiger partial charge on any atom is 0.272 e. The molecule has 0 aliphatic carbocycles. The van der Waals surface area contributed by atoms with Crippen LogP contribution in [-0.2, 0) is 0 Å². The molecule has 2 N–H and O–H groups in total. The Labute approximate surface area is 141 Å². The molecule has 1 aliphatic heterocycles. The molecule has 1 aromatic heterocycles. The minimum atomic E-state index is -0.412. The van der Waals surface area contributed by atoms with Gasteiger partial charge in [0, 0.05) is 18.6 Å². The van der Waals surface area contributed by atoms with Gasteiger partial charge in [0.15, 0.2) is 11.5 Å². The smallest absolute Gasteiger partial charge is 0.272 e. The van der Waals surface area contributed by atoms with E-state index < -0.39 is 5.91 Å². The molecule has 22 heavy (non-hydrogen) atoms. The molecule has 0 spiro atoms. The molecule has 2 aromatic rings. The van der Waals surface area contributed by atoms with Crippen LogP contribution in [0.5, 0.6) is 11.5 Å². The molecule has 0 unspecified atom stereocenters. The van der Waals surface area contributed by atoms with Gasteiger partial charge in [-0.05, 0) is 6.07 Å². The molecular weight excluding hydrogens is 351 g/mol. The zero-order valence-electron chi connectivity index (χ0n) is 11.2. The lowest BCUT2D eigenvalue weighted by Crippen LogP contribution is -2.12. The van der Waals surface area contributed by atoms with E-state index in [1.54, 1.807) is 12.1 Å². The monoisotopic (exact) mass is 360 g/mol. The van der Waals surface area contributed by atoms with Gasteiger partial charge in [0.1, 0.15) is 10.8 Å². The number of nitrogens with one attached hydrogen (secondary N) is 2. The van der Waals surface area contributed by atoms with Crippen molar-refractivity contribution in [2.75, 3.05) is 18.5 Å². The predicted octanol–water partition coefficient (Wildman–Crippen LogP) is 4.39. The highest BCUT2D eigenvalue weighted by atomic mass is 35.5. The highest BCUT2D eigenvalue weighted by Gasteiger charge is 2.17. The van der Waals surface area contributed by atoms with Crippen molar-refractivity contribution < 1.29 is 14.3 Å². The fourth-order valence-corrected chi connectivity index (χ4v) is 2.51. The number of amides is 1. The largest absolute Gasteiger partial charge is 0.490 e. The fourth-order valence-electron chi connectivity index (χ4n) is 2.00. The molecule has 0 bridgehead atoms. The number of halogens is 3. The summed E-state index contributed by atoms with van der Waals surface area (Å²) in [5.41, 5.74) is 0.649. The van der Waals surface area contributed by atoms with Gasteiger partial charge in [0.05, 0.1) is 28.9 Å². The highest BCUT2D eigenvalue weighted by molar-refractivity contribution is 6.41. The number of benzene rings is 1. The van der Waals surface area contributed by atoms with E-state index in [9.17, 15) is 4.79 Å². The zero-order valence-corrected chi connectivity index (χ0v) is 13.5. The van der Waals surface area contributed by atoms with E-state index in [0.717, 1.165) is 6.42 Å². The Kier molecular flexibility index (Phi) is 4.38. The van der Waals surface area contributed by atoms with Crippen LogP contribution < -0.4 is 14.8 Å². The van der Waals surface area contributed by atoms with Gasteiger partial charge in [-0.3, -0.25) is 4.79 Å². The number of hydrogen-bond donors (Lipinski definition) is 2. The van der Waals surface area contributed by atoms with E-state index >= 15 is 0 Å². The summed E-state index contributed by atoms with van der Waals surface area (Å²) < 4.78 is 11.1. The molecule has 3 rings (SSSR count). The van der Waals surface area contributed by atoms with Gasteiger partial charge >= 0.3 is 0 Å². The van der Waals surface area contributed by atoms with Crippen molar-refractivity contribution in [1.82, 2.24) is 4.98 Å². The van der Waals surface area contributed by atoms with Crippen molar-refractivity contribution in [3.8, 4) is 11.5 Å². The zero-order chi connectivity index (χ0) is 15.7. The van der Waals surface area contributed by atoms with Crippen LogP contribution in [0.1, 0.15) is 16.9 Å². The topological polar surface area (TPSA) is 63.4 Å². The summed E-state index contributed by atoms with van der Waals surface area (Å²) in [6.07, 6.45) is 0.785. The third-order valence-electron chi connectivity index (χ3n) is 3.06. The summed E-state index contributed by atoms with van der Waals surface area (Å²) >= 11 is 17.8. The number of hydrogen-bond acceptors (Lipinski definition) is 3. The molecule has 5 nitrogen and oxygen atoms in total. The van der Waals surface area contributed by atoms with E-state index in [1.807, 2.05) is 0 Å². The summed E-state index contributed by atoms with van der Waals surface area (Å²) in [5, 5.41) is 3.51. The first-order chi connectivity index (χ1) is 10.5. The first-order valence-electron chi connectivity index (χ1n) is 6.49. The van der Waals surface area contributed by atoms with Gasteiger partial charge < -0.3 is 19.8 Å². The second-order valence-corrected chi connectivity index (χ2v) is 5.82. The summed E-state index contributed by atoms with van der Waals surface area (Å²) in [5.74, 6) is 0.691. The Morgan fingerprint density at radius 3 is 2.36 bits per heavy atom. The van der Waals surface area contributed by atoms with E-state index in [-0.39, 0.29) is 15.9 Å². The fraction of sp³-hybridized carbons (Fsp3) is 0.214. The minimum Gasteiger partial charge on any atom is -0.490 e. The van der Waals surface area contributed by atoms with Crippen LogP contribution in [0, 0.1) is 0 Å². The third kappa shape index (κ3) is 3.11. The lowest BCUT2D eigenvalue weighted by Gasteiger charge is -2.12. The number of ether oxygens (including phenoxy) is 2. The first kappa shape index (κ1) is 15.3. The lowest BCUT2D eigenvalue weighted by atomic mass is 10.2. The molecule has 0 saturated heterocycles. The van der Waals surface area contributed by atoms with Crippen molar-refractivity contribution in [2.45, 2.75) is 6.42 Å². The normalized spacial score (nSPS) is 13.6. The van der Waals surface area contributed by atoms with Gasteiger partial charge in [-0.1, -0.05) is 34.8 Å². The van der Waals surface area contributed by atoms with Crippen molar-refractivity contribution >= 4 is 46.4 Å². The van der Waals surface area contributed by atoms with Crippen LogP contribution in [0.4, 0.5) is 5.69 Å². The van der Waals surface area contributed by atoms with Gasteiger partial charge in [-0.15, -0.1) is 0 Å². The first-order valence-corrected chi connectivity index (χ1v) is 7.62. The van der Waals surface area contributed by atoms with Crippen LogP contribution in [-0.4, -0.2) is 24.1 Å². The molecule has 1 aromatic carbocycles. The molecule has 1 aliphatic rings. The standard InChI is InChI=1S/C14H11Cl3N2O3/c15-7-5-11-12(22-3-1-2-21-11)6-9(7)19-14(20)10-4-8(16)13(17)18-10/h4-6,18H,1-3H2,(H,19,20). The Balaban J connectivity index is 1.85. The molecular formula is C14H11Cl3N2O3. The van der Waals surface area contributed by atoms with Gasteiger partial charge in [-0.25, -0.2) is 0 Å². The second-order valence-electron chi connectivity index (χ2n) is 4.63. The number of aromatic amines is 1. The Morgan fingerprint density at radius 1 is 1.05 bits per heavy atom. The summed E-state index contributed by atoms with van der Waals surface area (Å²) in [6, 6.07) is 4.69. The van der Waals surface area contributed by atoms with Crippen LogP contribution in [0.25, 0.3) is 0 Å². The third-order valence-corrected chi connectivity index (χ3v) is 4.06. The number of carbonyl (C=O) groups excluding carboxylic acids is 1. The number of aromatic nitrogens is 1. The maximum atomic E-state index is 12.2. The highest BCUT2D eigenvalue weighted by Crippen LogP contribution is 2.37. The quantitative estimate of drug-likeness (QED) is 0.834. The molecule has 1 amide bonds. The Bertz CT molecular complexity index is 711. The lowest BCUT2D eigenvalue weighted by molar-refractivity contribution is 0.102. The number of anilines is 1. The molecule has 0 atom stereocenters. The number of fused-ring (bicyclic) bond motifs is 1. The van der Waals surface area contributed by atoms with Crippen LogP contribution in [0.2, 0.25) is 15.2 Å².